The second kappa shape index (κ2) is 11.8. The molecule has 4 N–H and O–H groups in total. The van der Waals surface area contributed by atoms with Gasteiger partial charge >= 0.3 is 5.69 Å². The number of carbonyl (C=O) groups is 2. The van der Waals surface area contributed by atoms with Crippen LogP contribution >= 0.6 is 0 Å². The number of benzene rings is 1. The van der Waals surface area contributed by atoms with Gasteiger partial charge in [0, 0.05) is 18.8 Å². The maximum atomic E-state index is 13.3. The monoisotopic (exact) mass is 486 g/mol. The number of amides is 2. The lowest BCUT2D eigenvalue weighted by Crippen LogP contribution is -2.47. The molecule has 10 nitrogen and oxygen atoms in total. The predicted octanol–water partition coefficient (Wildman–Crippen LogP) is 1.95. The van der Waals surface area contributed by atoms with Crippen LogP contribution in [0.3, 0.4) is 0 Å². The molecule has 0 aliphatic heterocycles. The van der Waals surface area contributed by atoms with Gasteiger partial charge in [0.15, 0.2) is 5.69 Å². The van der Waals surface area contributed by atoms with E-state index in [0.29, 0.717) is 12.2 Å². The molecule has 0 fully saturated rings. The number of carbonyl (C=O) groups excluding carboxylic acids is 2. The van der Waals surface area contributed by atoms with Gasteiger partial charge in [-0.25, -0.2) is 4.79 Å². The average molecular weight is 487 g/mol. The molecule has 0 atom stereocenters. The summed E-state index contributed by atoms with van der Waals surface area (Å²) < 4.78 is 1.28. The lowest BCUT2D eigenvalue weighted by atomic mass is 10.1. The Hall–Kier alpha value is -3.40. The second-order valence-corrected chi connectivity index (χ2v) is 9.99. The van der Waals surface area contributed by atoms with E-state index in [2.05, 4.69) is 10.3 Å². The van der Waals surface area contributed by atoms with Gasteiger partial charge in [-0.2, -0.15) is 0 Å². The van der Waals surface area contributed by atoms with Gasteiger partial charge in [0.05, 0.1) is 13.1 Å². The zero-order chi connectivity index (χ0) is 26.4. The van der Waals surface area contributed by atoms with E-state index in [9.17, 15) is 19.2 Å². The topological polar surface area (TPSA) is 134 Å². The van der Waals surface area contributed by atoms with Crippen molar-refractivity contribution in [1.29, 1.82) is 0 Å². The Bertz CT molecular complexity index is 1160. The van der Waals surface area contributed by atoms with Crippen LogP contribution in [0.15, 0.2) is 27.8 Å². The smallest absolute Gasteiger partial charge is 0.330 e. The summed E-state index contributed by atoms with van der Waals surface area (Å²) in [5.74, 6) is -0.571. The van der Waals surface area contributed by atoms with Gasteiger partial charge in [0.25, 0.3) is 5.56 Å². The van der Waals surface area contributed by atoms with E-state index in [0.717, 1.165) is 11.1 Å². The molecule has 0 saturated heterocycles. The molecular weight excluding hydrogens is 448 g/mol. The quantitative estimate of drug-likeness (QED) is 0.470. The summed E-state index contributed by atoms with van der Waals surface area (Å²) in [6.07, 6.45) is 0. The largest absolute Gasteiger partial charge is 0.383 e. The van der Waals surface area contributed by atoms with Gasteiger partial charge in [-0.3, -0.25) is 28.8 Å². The second-order valence-electron chi connectivity index (χ2n) is 9.99. The molecule has 192 valence electrons. The SMILES string of the molecule is Cc1cc(C)cc(NC(=O)CN(C)CC(=O)N(CC(C)C)c2c(N)n(CC(C)C)c(=O)[nH]c2=O)c1. The van der Waals surface area contributed by atoms with Crippen molar-refractivity contribution in [2.45, 2.75) is 48.1 Å². The van der Waals surface area contributed by atoms with Crippen LogP contribution in [0.2, 0.25) is 0 Å². The Balaban J connectivity index is 2.24. The number of nitrogen functional groups attached to an aromatic ring is 1. The number of aryl methyl sites for hydroxylation is 2. The van der Waals surface area contributed by atoms with Crippen LogP contribution in [0.25, 0.3) is 0 Å². The summed E-state index contributed by atoms with van der Waals surface area (Å²) in [5.41, 5.74) is 7.64. The third kappa shape index (κ3) is 7.81. The normalized spacial score (nSPS) is 11.4. The molecule has 0 saturated carbocycles. The molecule has 0 unspecified atom stereocenters. The minimum atomic E-state index is -0.711. The lowest BCUT2D eigenvalue weighted by Gasteiger charge is -2.28. The van der Waals surface area contributed by atoms with Gasteiger partial charge < -0.3 is 16.0 Å². The molecule has 0 aliphatic rings. The van der Waals surface area contributed by atoms with E-state index < -0.39 is 17.2 Å². The Labute approximate surface area is 206 Å². The first kappa shape index (κ1) is 27.8. The Morgan fingerprint density at radius 3 is 2.17 bits per heavy atom. The van der Waals surface area contributed by atoms with E-state index in [-0.39, 0.29) is 48.9 Å². The maximum absolute atomic E-state index is 13.3. The summed E-state index contributed by atoms with van der Waals surface area (Å²) in [6, 6.07) is 5.77. The van der Waals surface area contributed by atoms with Crippen LogP contribution in [0.5, 0.6) is 0 Å². The van der Waals surface area contributed by atoms with Gasteiger partial charge in [-0.05, 0) is 56.0 Å². The number of anilines is 3. The molecule has 0 spiro atoms. The minimum Gasteiger partial charge on any atom is -0.383 e. The zero-order valence-electron chi connectivity index (χ0n) is 21.8. The van der Waals surface area contributed by atoms with Crippen molar-refractivity contribution in [1.82, 2.24) is 14.5 Å². The first-order valence-electron chi connectivity index (χ1n) is 11.8. The lowest BCUT2D eigenvalue weighted by molar-refractivity contribution is -0.121. The number of nitrogens with zero attached hydrogens (tertiary/aromatic N) is 3. The summed E-state index contributed by atoms with van der Waals surface area (Å²) >= 11 is 0. The summed E-state index contributed by atoms with van der Waals surface area (Å²) in [7, 11) is 1.65. The molecule has 10 heteroatoms. The van der Waals surface area contributed by atoms with Crippen LogP contribution in [0.1, 0.15) is 38.8 Å². The number of hydrogen-bond donors (Lipinski definition) is 3. The Kier molecular flexibility index (Phi) is 9.41. The van der Waals surface area contributed by atoms with E-state index >= 15 is 0 Å². The van der Waals surface area contributed by atoms with Crippen molar-refractivity contribution < 1.29 is 9.59 Å². The first-order chi connectivity index (χ1) is 16.3. The third-order valence-electron chi connectivity index (χ3n) is 5.20. The minimum absolute atomic E-state index is 0.0209. The van der Waals surface area contributed by atoms with Crippen LogP contribution in [-0.4, -0.2) is 52.9 Å². The number of rotatable bonds is 10. The molecule has 0 aliphatic carbocycles. The van der Waals surface area contributed by atoms with Gasteiger partial charge in [-0.1, -0.05) is 33.8 Å². The fourth-order valence-electron chi connectivity index (χ4n) is 3.93. The van der Waals surface area contributed by atoms with Gasteiger partial charge in [0.1, 0.15) is 5.82 Å². The highest BCUT2D eigenvalue weighted by Crippen LogP contribution is 2.20. The van der Waals surface area contributed by atoms with Crippen LogP contribution in [0.4, 0.5) is 17.2 Å². The summed E-state index contributed by atoms with van der Waals surface area (Å²) in [5, 5.41) is 2.85. The number of likely N-dealkylation sites (N-methyl/N-ethyl adjacent to an activating group) is 1. The molecule has 1 aromatic heterocycles. The fourth-order valence-corrected chi connectivity index (χ4v) is 3.93. The van der Waals surface area contributed by atoms with Crippen molar-refractivity contribution in [2.24, 2.45) is 11.8 Å². The number of aromatic amines is 1. The molecule has 1 aromatic carbocycles. The van der Waals surface area contributed by atoms with Crippen molar-refractivity contribution in [3.05, 3.63) is 50.2 Å². The summed E-state index contributed by atoms with van der Waals surface area (Å²) in [6.45, 7) is 12.0. The highest BCUT2D eigenvalue weighted by molar-refractivity contribution is 5.97. The molecule has 0 bridgehead atoms. The predicted molar refractivity (Wildman–Crippen MR) is 140 cm³/mol. The zero-order valence-corrected chi connectivity index (χ0v) is 21.8. The van der Waals surface area contributed by atoms with E-state index in [1.807, 2.05) is 59.7 Å². The van der Waals surface area contributed by atoms with E-state index in [1.54, 1.807) is 11.9 Å². The number of nitrogens with two attached hydrogens (primary N) is 1. The number of H-pyrrole nitrogens is 1. The van der Waals surface area contributed by atoms with Crippen molar-refractivity contribution in [3.63, 3.8) is 0 Å². The average Bonchev–Trinajstić information content (AvgIpc) is 2.68. The number of nitrogens with one attached hydrogen (secondary N) is 2. The van der Waals surface area contributed by atoms with Crippen LogP contribution < -0.4 is 27.2 Å². The molecule has 0 radical (unpaired) electrons. The molecule has 2 rings (SSSR count). The van der Waals surface area contributed by atoms with Crippen molar-refractivity contribution in [3.8, 4) is 0 Å². The standard InChI is InChI=1S/C25H38N6O4/c1-15(2)11-30(22-23(26)31(12-16(3)4)25(35)28-24(22)34)21(33)14-29(7)13-20(32)27-19-9-17(5)8-18(6)10-19/h8-10,15-16H,11-14,26H2,1-7H3,(H,27,32)(H,28,34,35). The van der Waals surface area contributed by atoms with Crippen LogP contribution in [0, 0.1) is 25.7 Å². The molecule has 2 aromatic rings. The summed E-state index contributed by atoms with van der Waals surface area (Å²) in [4.78, 5) is 56.1. The Morgan fingerprint density at radius 1 is 1.03 bits per heavy atom. The highest BCUT2D eigenvalue weighted by Gasteiger charge is 2.26. The number of aromatic nitrogens is 2. The Morgan fingerprint density at radius 2 is 1.63 bits per heavy atom. The molecule has 35 heavy (non-hydrogen) atoms. The van der Waals surface area contributed by atoms with Gasteiger partial charge in [0.2, 0.25) is 11.8 Å². The van der Waals surface area contributed by atoms with Gasteiger partial charge in [-0.15, -0.1) is 0 Å². The van der Waals surface area contributed by atoms with Crippen molar-refractivity contribution in [2.75, 3.05) is 42.6 Å². The van der Waals surface area contributed by atoms with Crippen molar-refractivity contribution >= 4 is 29.0 Å². The fraction of sp³-hybridized carbons (Fsp3) is 0.520. The molecular formula is C25H38N6O4. The van der Waals surface area contributed by atoms with E-state index in [1.165, 1.54) is 9.47 Å². The first-order valence-corrected chi connectivity index (χ1v) is 11.8. The molecule has 2 amide bonds. The number of hydrogen-bond acceptors (Lipinski definition) is 6. The molecule has 1 heterocycles. The third-order valence-corrected chi connectivity index (χ3v) is 5.20. The highest BCUT2D eigenvalue weighted by atomic mass is 16.2. The maximum Gasteiger partial charge on any atom is 0.330 e. The van der Waals surface area contributed by atoms with E-state index in [4.69, 9.17) is 5.73 Å². The van der Waals surface area contributed by atoms with Crippen LogP contribution in [-0.2, 0) is 16.1 Å².